The zero-order valence-electron chi connectivity index (χ0n) is 30.7. The van der Waals surface area contributed by atoms with Gasteiger partial charge in [0, 0.05) is 25.1 Å². The molecule has 6 nitrogen and oxygen atoms in total. The number of esters is 1. The summed E-state index contributed by atoms with van der Waals surface area (Å²) in [5.41, 5.74) is 4.86. The van der Waals surface area contributed by atoms with Crippen molar-refractivity contribution in [3.8, 4) is 11.1 Å². The molecule has 0 saturated heterocycles. The van der Waals surface area contributed by atoms with Crippen LogP contribution in [0.1, 0.15) is 109 Å². The number of nitrogens with one attached hydrogen (secondary N) is 1. The fourth-order valence-corrected chi connectivity index (χ4v) is 7.68. The van der Waals surface area contributed by atoms with Crippen LogP contribution in [0, 0.1) is 5.82 Å². The minimum Gasteiger partial charge on any atom is -0.461 e. The molecule has 51 heavy (non-hydrogen) atoms. The minimum atomic E-state index is -0.406. The third-order valence-electron chi connectivity index (χ3n) is 9.66. The van der Waals surface area contributed by atoms with E-state index in [0.717, 1.165) is 79.3 Å². The van der Waals surface area contributed by atoms with E-state index in [9.17, 15) is 14.0 Å². The SMILES string of the molecule is CC.COC(C)(C)C.O=C(CNC1CCC(c2cc(-c3ccc(F)cc3Cl)c3c(c2)N(c2c(Cl)cccc2Cl)C(=O)CC3)CC1)OC1CCCC1. The zero-order valence-corrected chi connectivity index (χ0v) is 33.0. The summed E-state index contributed by atoms with van der Waals surface area (Å²) in [5.74, 6) is -0.440. The van der Waals surface area contributed by atoms with E-state index in [4.69, 9.17) is 44.3 Å². The second-order valence-corrected chi connectivity index (χ2v) is 15.4. The van der Waals surface area contributed by atoms with Gasteiger partial charge in [0.1, 0.15) is 11.9 Å². The molecule has 6 rings (SSSR count). The highest BCUT2D eigenvalue weighted by Gasteiger charge is 2.33. The van der Waals surface area contributed by atoms with Gasteiger partial charge in [-0.2, -0.15) is 0 Å². The monoisotopic (exact) mass is 760 g/mol. The zero-order chi connectivity index (χ0) is 37.3. The van der Waals surface area contributed by atoms with E-state index in [2.05, 4.69) is 17.4 Å². The van der Waals surface area contributed by atoms with Crippen molar-refractivity contribution >= 4 is 58.1 Å². The van der Waals surface area contributed by atoms with E-state index < -0.39 is 5.82 Å². The predicted molar refractivity (Wildman–Crippen MR) is 208 cm³/mol. The first-order chi connectivity index (χ1) is 24.3. The summed E-state index contributed by atoms with van der Waals surface area (Å²) < 4.78 is 24.6. The molecule has 1 N–H and O–H groups in total. The van der Waals surface area contributed by atoms with Crippen LogP contribution in [0.4, 0.5) is 15.8 Å². The highest BCUT2D eigenvalue weighted by atomic mass is 35.5. The third kappa shape index (κ3) is 10.9. The summed E-state index contributed by atoms with van der Waals surface area (Å²) in [6.07, 6.45) is 8.69. The molecule has 0 spiro atoms. The predicted octanol–water partition coefficient (Wildman–Crippen LogP) is 11.6. The van der Waals surface area contributed by atoms with Crippen molar-refractivity contribution in [2.45, 2.75) is 122 Å². The van der Waals surface area contributed by atoms with Crippen molar-refractivity contribution in [2.24, 2.45) is 0 Å². The molecule has 3 aromatic rings. The first kappa shape index (κ1) is 41.1. The number of carbonyl (C=O) groups excluding carboxylic acids is 2. The van der Waals surface area contributed by atoms with Crippen LogP contribution in [-0.4, -0.2) is 43.3 Å². The van der Waals surface area contributed by atoms with Crippen LogP contribution in [0.5, 0.6) is 0 Å². The summed E-state index contributed by atoms with van der Waals surface area (Å²) >= 11 is 19.8. The summed E-state index contributed by atoms with van der Waals surface area (Å²) in [4.78, 5) is 27.4. The maximum Gasteiger partial charge on any atom is 0.320 e. The maximum atomic E-state index is 14.0. The molecular formula is C41H52Cl3FN2O4. The normalized spacial score (nSPS) is 19.0. The summed E-state index contributed by atoms with van der Waals surface area (Å²) in [5, 5.41) is 4.50. The fraction of sp³-hybridized carbons (Fsp3) is 0.512. The molecule has 0 radical (unpaired) electrons. The lowest BCUT2D eigenvalue weighted by atomic mass is 9.79. The van der Waals surface area contributed by atoms with Crippen molar-refractivity contribution in [3.05, 3.63) is 80.5 Å². The third-order valence-corrected chi connectivity index (χ3v) is 10.6. The van der Waals surface area contributed by atoms with Gasteiger partial charge in [-0.05, 0) is 138 Å². The Balaban J connectivity index is 0.000000662. The average molecular weight is 762 g/mol. The standard InChI is InChI=1S/C34H34Cl3FN2O3.C5H12O.C2H6/c35-28-6-3-7-29(36)34(28)40-31-17-21(16-27(26(31)14-15-32(40)41)25-13-10-22(38)18-30(25)37)20-8-11-23(12-9-20)39-19-33(42)43-24-4-1-2-5-24;1-5(2,3)6-4;1-2/h3,6-7,10,13,16-18,20,23-24,39H,1-2,4-5,8-9,11-12,14-15,19H2;1-4H3;1-2H3. The molecule has 3 aliphatic rings. The molecule has 2 aliphatic carbocycles. The van der Waals surface area contributed by atoms with Crippen LogP contribution in [0.2, 0.25) is 15.1 Å². The quantitative estimate of drug-likeness (QED) is 0.243. The Kier molecular flexibility index (Phi) is 15.2. The number of amides is 1. The van der Waals surface area contributed by atoms with Gasteiger partial charge in [0.2, 0.25) is 5.91 Å². The number of methoxy groups -OCH3 is 1. The van der Waals surface area contributed by atoms with E-state index in [1.54, 1.807) is 36.3 Å². The van der Waals surface area contributed by atoms with Crippen molar-refractivity contribution in [3.63, 3.8) is 0 Å². The molecule has 1 amide bonds. The fourth-order valence-electron chi connectivity index (χ4n) is 6.84. The highest BCUT2D eigenvalue weighted by Crippen LogP contribution is 2.48. The van der Waals surface area contributed by atoms with Gasteiger partial charge in [-0.15, -0.1) is 0 Å². The lowest BCUT2D eigenvalue weighted by Crippen LogP contribution is -2.37. The molecular weight excluding hydrogens is 710 g/mol. The number of rotatable bonds is 7. The Morgan fingerprint density at radius 3 is 2.10 bits per heavy atom. The first-order valence-electron chi connectivity index (χ1n) is 18.2. The molecule has 10 heteroatoms. The van der Waals surface area contributed by atoms with E-state index in [1.165, 1.54) is 12.1 Å². The van der Waals surface area contributed by atoms with Gasteiger partial charge in [0.05, 0.1) is 38.6 Å². The second-order valence-electron chi connectivity index (χ2n) is 14.1. The average Bonchev–Trinajstić information content (AvgIpc) is 3.62. The number of ether oxygens (including phenoxy) is 2. The van der Waals surface area contributed by atoms with Gasteiger partial charge >= 0.3 is 5.97 Å². The number of carbonyl (C=O) groups is 2. The van der Waals surface area contributed by atoms with E-state index in [0.29, 0.717) is 27.2 Å². The molecule has 2 saturated carbocycles. The molecule has 1 aliphatic heterocycles. The van der Waals surface area contributed by atoms with Crippen molar-refractivity contribution in [2.75, 3.05) is 18.6 Å². The Morgan fingerprint density at radius 1 is 0.882 bits per heavy atom. The molecule has 0 unspecified atom stereocenters. The number of anilines is 2. The number of benzene rings is 3. The first-order valence-corrected chi connectivity index (χ1v) is 19.3. The van der Waals surface area contributed by atoms with Crippen molar-refractivity contribution < 1.29 is 23.5 Å². The van der Waals surface area contributed by atoms with Gasteiger partial charge in [-0.3, -0.25) is 14.5 Å². The maximum absolute atomic E-state index is 14.0. The van der Waals surface area contributed by atoms with Crippen LogP contribution in [0.15, 0.2) is 48.5 Å². The van der Waals surface area contributed by atoms with Crippen LogP contribution in [0.25, 0.3) is 11.1 Å². The lowest BCUT2D eigenvalue weighted by molar-refractivity contribution is -0.147. The van der Waals surface area contributed by atoms with E-state index >= 15 is 0 Å². The van der Waals surface area contributed by atoms with Crippen molar-refractivity contribution in [1.82, 2.24) is 5.32 Å². The van der Waals surface area contributed by atoms with Gasteiger partial charge < -0.3 is 14.8 Å². The molecule has 1 heterocycles. The minimum absolute atomic E-state index is 0.0417. The molecule has 2 fully saturated rings. The Morgan fingerprint density at radius 2 is 1.51 bits per heavy atom. The Labute approximate surface area is 318 Å². The summed E-state index contributed by atoms with van der Waals surface area (Å²) in [6.45, 7) is 10.3. The van der Waals surface area contributed by atoms with Crippen LogP contribution < -0.4 is 10.2 Å². The summed E-state index contributed by atoms with van der Waals surface area (Å²) in [7, 11) is 1.71. The number of halogens is 4. The number of nitrogens with zero attached hydrogens (tertiary/aromatic N) is 1. The topological polar surface area (TPSA) is 67.9 Å². The molecule has 3 aromatic carbocycles. The number of fused-ring (bicyclic) bond motifs is 1. The van der Waals surface area contributed by atoms with Gasteiger partial charge in [0.25, 0.3) is 0 Å². The second kappa shape index (κ2) is 18.9. The van der Waals surface area contributed by atoms with Crippen LogP contribution in [0.3, 0.4) is 0 Å². The van der Waals surface area contributed by atoms with Crippen LogP contribution >= 0.6 is 34.8 Å². The van der Waals surface area contributed by atoms with Crippen LogP contribution in [-0.2, 0) is 25.5 Å². The number of para-hydroxylation sites is 1. The smallest absolute Gasteiger partial charge is 0.320 e. The largest absolute Gasteiger partial charge is 0.461 e. The Bertz CT molecular complexity index is 1630. The van der Waals surface area contributed by atoms with Gasteiger partial charge in [-0.25, -0.2) is 4.39 Å². The molecule has 0 aromatic heterocycles. The van der Waals surface area contributed by atoms with E-state index in [-0.39, 0.29) is 48.5 Å². The van der Waals surface area contributed by atoms with E-state index in [1.807, 2.05) is 34.6 Å². The molecule has 278 valence electrons. The molecule has 0 atom stereocenters. The highest BCUT2D eigenvalue weighted by molar-refractivity contribution is 6.40. The lowest BCUT2D eigenvalue weighted by Gasteiger charge is -2.35. The van der Waals surface area contributed by atoms with Gasteiger partial charge in [0.15, 0.2) is 0 Å². The number of hydrogen-bond acceptors (Lipinski definition) is 5. The van der Waals surface area contributed by atoms with Crippen molar-refractivity contribution in [1.29, 1.82) is 0 Å². The van der Waals surface area contributed by atoms with Gasteiger partial charge in [-0.1, -0.05) is 60.8 Å². The number of hydrogen-bond donors (Lipinski definition) is 1. The molecule has 0 bridgehead atoms. The summed E-state index contributed by atoms with van der Waals surface area (Å²) in [6, 6.07) is 14.1. The Hall–Kier alpha value is -2.68.